The Hall–Kier alpha value is -1.82. The molecular weight excluding hydrogens is 260 g/mol. The summed E-state index contributed by atoms with van der Waals surface area (Å²) in [5.74, 6) is 0.830. The minimum Gasteiger partial charge on any atom is -0.454 e. The van der Waals surface area contributed by atoms with Gasteiger partial charge < -0.3 is 19.8 Å². The van der Waals surface area contributed by atoms with E-state index in [4.69, 9.17) is 9.15 Å². The number of hydrogen-bond acceptors (Lipinski definition) is 4. The van der Waals surface area contributed by atoms with Crippen LogP contribution in [-0.4, -0.2) is 32.1 Å². The first-order chi connectivity index (χ1) is 9.69. The molecule has 1 aliphatic heterocycles. The maximum Gasteiger partial charge on any atom is 0.286 e. The van der Waals surface area contributed by atoms with E-state index in [-0.39, 0.29) is 17.6 Å². The minimum absolute atomic E-state index is 0.0154. The van der Waals surface area contributed by atoms with Crippen molar-refractivity contribution in [1.29, 1.82) is 0 Å². The third-order valence-electron chi connectivity index (χ3n) is 3.30. The second-order valence-corrected chi connectivity index (χ2v) is 4.91. The lowest BCUT2D eigenvalue weighted by atomic mass is 9.98. The smallest absolute Gasteiger partial charge is 0.286 e. The zero-order valence-corrected chi connectivity index (χ0v) is 11.6. The fraction of sp³-hybridized carbons (Fsp3) is 0.571. The number of carbonyl (C=O) groups excluding carboxylic acids is 2. The summed E-state index contributed by atoms with van der Waals surface area (Å²) < 4.78 is 10.7. The summed E-state index contributed by atoms with van der Waals surface area (Å²) in [4.78, 5) is 23.1. The van der Waals surface area contributed by atoms with Crippen molar-refractivity contribution < 1.29 is 18.7 Å². The molecule has 1 fully saturated rings. The number of hydrogen-bond donors (Lipinski definition) is 2. The number of ether oxygens (including phenoxy) is 1. The van der Waals surface area contributed by atoms with E-state index in [1.54, 1.807) is 19.2 Å². The fourth-order valence-corrected chi connectivity index (χ4v) is 2.21. The van der Waals surface area contributed by atoms with Crippen molar-refractivity contribution in [3.63, 3.8) is 0 Å². The summed E-state index contributed by atoms with van der Waals surface area (Å²) in [6.45, 7) is 1.76. The fourth-order valence-electron chi connectivity index (χ4n) is 2.21. The van der Waals surface area contributed by atoms with Crippen LogP contribution >= 0.6 is 0 Å². The maximum absolute atomic E-state index is 11.8. The van der Waals surface area contributed by atoms with Crippen LogP contribution in [-0.2, 0) is 16.1 Å². The molecular formula is C14H20N2O4. The summed E-state index contributed by atoms with van der Waals surface area (Å²) >= 11 is 0. The lowest BCUT2D eigenvalue weighted by molar-refractivity contribution is -0.123. The Labute approximate surface area is 117 Å². The van der Waals surface area contributed by atoms with Gasteiger partial charge >= 0.3 is 0 Å². The molecule has 6 nitrogen and oxygen atoms in total. The Kier molecular flexibility index (Phi) is 5.17. The molecule has 0 bridgehead atoms. The minimum atomic E-state index is -0.276. The highest BCUT2D eigenvalue weighted by Gasteiger charge is 2.17. The molecule has 6 heteroatoms. The van der Waals surface area contributed by atoms with Crippen molar-refractivity contribution in [2.75, 3.05) is 20.3 Å². The zero-order valence-electron chi connectivity index (χ0n) is 11.6. The highest BCUT2D eigenvalue weighted by molar-refractivity contribution is 5.91. The van der Waals surface area contributed by atoms with Gasteiger partial charge in [-0.3, -0.25) is 9.59 Å². The van der Waals surface area contributed by atoms with Crippen LogP contribution in [0.15, 0.2) is 16.5 Å². The molecule has 1 atom stereocenters. The molecule has 0 aromatic carbocycles. The van der Waals surface area contributed by atoms with E-state index < -0.39 is 0 Å². The summed E-state index contributed by atoms with van der Waals surface area (Å²) in [5, 5.41) is 5.28. The van der Waals surface area contributed by atoms with Gasteiger partial charge in [-0.1, -0.05) is 0 Å². The predicted octanol–water partition coefficient (Wildman–Crippen LogP) is 1.07. The van der Waals surface area contributed by atoms with E-state index in [9.17, 15) is 9.59 Å². The van der Waals surface area contributed by atoms with Gasteiger partial charge in [0, 0.05) is 26.7 Å². The largest absolute Gasteiger partial charge is 0.454 e. The number of carbonyl (C=O) groups is 2. The SMILES string of the molecule is CNC(=O)c1ccc(CNC(=O)C[C@H]2CCCOC2)o1. The predicted molar refractivity (Wildman–Crippen MR) is 72.1 cm³/mol. The van der Waals surface area contributed by atoms with E-state index >= 15 is 0 Å². The molecule has 0 saturated carbocycles. The highest BCUT2D eigenvalue weighted by atomic mass is 16.5. The van der Waals surface area contributed by atoms with Crippen molar-refractivity contribution >= 4 is 11.8 Å². The van der Waals surface area contributed by atoms with Crippen molar-refractivity contribution in [2.45, 2.75) is 25.8 Å². The first-order valence-electron chi connectivity index (χ1n) is 6.84. The van der Waals surface area contributed by atoms with Gasteiger partial charge in [0.15, 0.2) is 5.76 Å². The zero-order chi connectivity index (χ0) is 14.4. The van der Waals surface area contributed by atoms with Crippen LogP contribution in [0.4, 0.5) is 0 Å². The van der Waals surface area contributed by atoms with E-state index in [0.717, 1.165) is 19.4 Å². The molecule has 0 aliphatic carbocycles. The molecule has 2 amide bonds. The molecule has 110 valence electrons. The van der Waals surface area contributed by atoms with Gasteiger partial charge in [-0.05, 0) is 30.9 Å². The molecule has 2 N–H and O–H groups in total. The van der Waals surface area contributed by atoms with Crippen LogP contribution in [0, 0.1) is 5.92 Å². The second kappa shape index (κ2) is 7.09. The van der Waals surface area contributed by atoms with Gasteiger partial charge in [0.05, 0.1) is 6.54 Å². The average Bonchev–Trinajstić information content (AvgIpc) is 2.94. The first kappa shape index (κ1) is 14.6. The Balaban J connectivity index is 1.75. The molecule has 0 spiro atoms. The van der Waals surface area contributed by atoms with Crippen molar-refractivity contribution in [3.05, 3.63) is 23.7 Å². The number of rotatable bonds is 5. The molecule has 20 heavy (non-hydrogen) atoms. The molecule has 2 rings (SSSR count). The average molecular weight is 280 g/mol. The van der Waals surface area contributed by atoms with E-state index in [1.165, 1.54) is 0 Å². The summed E-state index contributed by atoms with van der Waals surface area (Å²) in [5.41, 5.74) is 0. The van der Waals surface area contributed by atoms with Gasteiger partial charge in [-0.15, -0.1) is 0 Å². The first-order valence-corrected chi connectivity index (χ1v) is 6.84. The Morgan fingerprint density at radius 1 is 1.40 bits per heavy atom. The summed E-state index contributed by atoms with van der Waals surface area (Å²) in [6, 6.07) is 3.28. The lowest BCUT2D eigenvalue weighted by Gasteiger charge is -2.21. The maximum atomic E-state index is 11.8. The Morgan fingerprint density at radius 2 is 2.25 bits per heavy atom. The van der Waals surface area contributed by atoms with Crippen molar-refractivity contribution in [3.8, 4) is 0 Å². The monoisotopic (exact) mass is 280 g/mol. The molecule has 0 radical (unpaired) electrons. The third kappa shape index (κ3) is 4.09. The summed E-state index contributed by atoms with van der Waals surface area (Å²) in [7, 11) is 1.54. The van der Waals surface area contributed by atoms with E-state index in [1.807, 2.05) is 0 Å². The van der Waals surface area contributed by atoms with Gasteiger partial charge in [0.25, 0.3) is 5.91 Å². The van der Waals surface area contributed by atoms with Crippen LogP contribution < -0.4 is 10.6 Å². The molecule has 1 aromatic heterocycles. The van der Waals surface area contributed by atoms with Gasteiger partial charge in [0.1, 0.15) is 5.76 Å². The van der Waals surface area contributed by atoms with Gasteiger partial charge in [-0.25, -0.2) is 0 Å². The van der Waals surface area contributed by atoms with Gasteiger partial charge in [0.2, 0.25) is 5.91 Å². The number of furan rings is 1. The quantitative estimate of drug-likeness (QED) is 0.845. The molecule has 1 saturated heterocycles. The van der Waals surface area contributed by atoms with Crippen LogP contribution in [0.5, 0.6) is 0 Å². The highest BCUT2D eigenvalue weighted by Crippen LogP contribution is 2.17. The van der Waals surface area contributed by atoms with Crippen LogP contribution in [0.2, 0.25) is 0 Å². The molecule has 2 heterocycles. The number of nitrogens with one attached hydrogen (secondary N) is 2. The van der Waals surface area contributed by atoms with Gasteiger partial charge in [-0.2, -0.15) is 0 Å². The van der Waals surface area contributed by atoms with E-state index in [2.05, 4.69) is 10.6 Å². The van der Waals surface area contributed by atoms with E-state index in [0.29, 0.717) is 31.3 Å². The normalized spacial score (nSPS) is 18.6. The number of amides is 2. The molecule has 1 aromatic rings. The Morgan fingerprint density at radius 3 is 2.95 bits per heavy atom. The standard InChI is InChI=1S/C14H20N2O4/c1-15-14(18)12-5-4-11(20-12)8-16-13(17)7-10-3-2-6-19-9-10/h4-5,10H,2-3,6-9H2,1H3,(H,15,18)(H,16,17)/t10-/m1/s1. The Bertz CT molecular complexity index is 463. The third-order valence-corrected chi connectivity index (χ3v) is 3.30. The lowest BCUT2D eigenvalue weighted by Crippen LogP contribution is -2.28. The summed E-state index contributed by atoms with van der Waals surface area (Å²) in [6.07, 6.45) is 2.53. The van der Waals surface area contributed by atoms with Crippen LogP contribution in [0.3, 0.4) is 0 Å². The van der Waals surface area contributed by atoms with Crippen LogP contribution in [0.25, 0.3) is 0 Å². The topological polar surface area (TPSA) is 80.6 Å². The second-order valence-electron chi connectivity index (χ2n) is 4.91. The molecule has 1 aliphatic rings. The van der Waals surface area contributed by atoms with Crippen molar-refractivity contribution in [1.82, 2.24) is 10.6 Å². The van der Waals surface area contributed by atoms with Crippen molar-refractivity contribution in [2.24, 2.45) is 5.92 Å². The van der Waals surface area contributed by atoms with Crippen LogP contribution in [0.1, 0.15) is 35.6 Å². The molecule has 0 unspecified atom stereocenters.